The Morgan fingerprint density at radius 3 is 2.79 bits per heavy atom. The smallest absolute Gasteiger partial charge is 0.293 e. The van der Waals surface area contributed by atoms with E-state index in [1.807, 2.05) is 25.6 Å². The van der Waals surface area contributed by atoms with Gasteiger partial charge in [0.25, 0.3) is 11.6 Å². The molecule has 7 heteroatoms. The molecule has 0 aliphatic carbocycles. The maximum Gasteiger partial charge on any atom is 0.293 e. The number of nitro groups is 1. The molecule has 1 aliphatic rings. The minimum absolute atomic E-state index is 0.00755. The maximum absolute atomic E-state index is 12.1. The molecule has 1 aliphatic heterocycles. The van der Waals surface area contributed by atoms with Gasteiger partial charge in [-0.15, -0.1) is 0 Å². The summed E-state index contributed by atoms with van der Waals surface area (Å²) in [4.78, 5) is 25.4. The average molecular weight is 351 g/mol. The number of nitrogens with zero attached hydrogens (tertiary/aromatic N) is 2. The van der Waals surface area contributed by atoms with Gasteiger partial charge in [-0.1, -0.05) is 6.42 Å². The lowest BCUT2D eigenvalue weighted by atomic mass is 10.1. The predicted octanol–water partition coefficient (Wildman–Crippen LogP) is 3.45. The van der Waals surface area contributed by atoms with Crippen LogP contribution in [0.15, 0.2) is 18.2 Å². The van der Waals surface area contributed by atoms with E-state index in [1.54, 1.807) is 12.1 Å². The van der Waals surface area contributed by atoms with Crippen molar-refractivity contribution in [1.29, 1.82) is 0 Å². The molecule has 1 aromatic carbocycles. The highest BCUT2D eigenvalue weighted by atomic mass is 32.2. The van der Waals surface area contributed by atoms with Crippen molar-refractivity contribution in [2.24, 2.45) is 0 Å². The molecular formula is C17H25N3O3S. The number of hydrogen-bond donors (Lipinski definition) is 1. The zero-order valence-electron chi connectivity index (χ0n) is 14.4. The lowest BCUT2D eigenvalue weighted by molar-refractivity contribution is -0.384. The third kappa shape index (κ3) is 4.63. The fraction of sp³-hybridized carbons (Fsp3) is 0.588. The Bertz CT molecular complexity index is 607. The number of nitrogens with one attached hydrogen (secondary N) is 1. The standard InChI is InChI=1S/C17H25N3O3S/c1-12(2)18-17(21)13-7-8-15(16(10-13)20(22)23)19-9-5-4-6-14(11-19)24-3/h7-8,10,12,14H,4-6,9,11H2,1-3H3,(H,18,21). The molecule has 0 saturated carbocycles. The monoisotopic (exact) mass is 351 g/mol. The van der Waals surface area contributed by atoms with Gasteiger partial charge in [0, 0.05) is 36.0 Å². The van der Waals surface area contributed by atoms with Crippen molar-refractivity contribution in [2.75, 3.05) is 24.2 Å². The lowest BCUT2D eigenvalue weighted by Gasteiger charge is -2.25. The fourth-order valence-electron chi connectivity index (χ4n) is 2.94. The van der Waals surface area contributed by atoms with Crippen LogP contribution in [0.25, 0.3) is 0 Å². The number of anilines is 1. The number of nitro benzene ring substituents is 1. The van der Waals surface area contributed by atoms with Gasteiger partial charge in [0.2, 0.25) is 0 Å². The summed E-state index contributed by atoms with van der Waals surface area (Å²) in [5.41, 5.74) is 0.950. The molecule has 0 radical (unpaired) electrons. The minimum Gasteiger partial charge on any atom is -0.365 e. The number of thioether (sulfide) groups is 1. The summed E-state index contributed by atoms with van der Waals surface area (Å²) in [7, 11) is 0. The first-order valence-electron chi connectivity index (χ1n) is 8.29. The van der Waals surface area contributed by atoms with Gasteiger partial charge >= 0.3 is 0 Å². The highest BCUT2D eigenvalue weighted by molar-refractivity contribution is 7.99. The largest absolute Gasteiger partial charge is 0.365 e. The average Bonchev–Trinajstić information content (AvgIpc) is 2.79. The van der Waals surface area contributed by atoms with Crippen molar-refractivity contribution in [1.82, 2.24) is 5.32 Å². The quantitative estimate of drug-likeness (QED) is 0.649. The molecule has 0 spiro atoms. The molecule has 1 heterocycles. The molecule has 1 atom stereocenters. The highest BCUT2D eigenvalue weighted by Gasteiger charge is 2.25. The second-order valence-corrected chi connectivity index (χ2v) is 7.53. The zero-order valence-corrected chi connectivity index (χ0v) is 15.3. The van der Waals surface area contributed by atoms with E-state index >= 15 is 0 Å². The normalized spacial score (nSPS) is 18.3. The van der Waals surface area contributed by atoms with Crippen molar-refractivity contribution in [3.05, 3.63) is 33.9 Å². The topological polar surface area (TPSA) is 75.5 Å². The van der Waals surface area contributed by atoms with Crippen LogP contribution in [0.3, 0.4) is 0 Å². The molecule has 2 rings (SSSR count). The summed E-state index contributed by atoms with van der Waals surface area (Å²) in [5.74, 6) is -0.280. The summed E-state index contributed by atoms with van der Waals surface area (Å²) < 4.78 is 0. The first-order valence-corrected chi connectivity index (χ1v) is 9.58. The highest BCUT2D eigenvalue weighted by Crippen LogP contribution is 2.32. The molecule has 0 bridgehead atoms. The number of rotatable bonds is 5. The number of carbonyl (C=O) groups is 1. The third-order valence-corrected chi connectivity index (χ3v) is 5.21. The van der Waals surface area contributed by atoms with Crippen LogP contribution in [0.1, 0.15) is 43.5 Å². The number of hydrogen-bond acceptors (Lipinski definition) is 5. The Balaban J connectivity index is 2.32. The molecule has 1 saturated heterocycles. The third-order valence-electron chi connectivity index (χ3n) is 4.16. The van der Waals surface area contributed by atoms with Crippen LogP contribution in [0.5, 0.6) is 0 Å². The maximum atomic E-state index is 12.1. The summed E-state index contributed by atoms with van der Waals surface area (Å²) in [6, 6.07) is 4.78. The van der Waals surface area contributed by atoms with E-state index in [0.29, 0.717) is 16.5 Å². The lowest BCUT2D eigenvalue weighted by Crippen LogP contribution is -2.31. The number of amides is 1. The van der Waals surface area contributed by atoms with Crippen LogP contribution in [0.4, 0.5) is 11.4 Å². The van der Waals surface area contributed by atoms with Crippen molar-refractivity contribution < 1.29 is 9.72 Å². The second kappa shape index (κ2) is 8.37. The van der Waals surface area contributed by atoms with Crippen molar-refractivity contribution >= 4 is 29.0 Å². The Labute approximate surface area is 147 Å². The van der Waals surface area contributed by atoms with Crippen LogP contribution in [-0.2, 0) is 0 Å². The van der Waals surface area contributed by atoms with Crippen LogP contribution in [0, 0.1) is 10.1 Å². The first-order chi connectivity index (χ1) is 11.4. The van der Waals surface area contributed by atoms with Gasteiger partial charge in [-0.3, -0.25) is 14.9 Å². The first kappa shape index (κ1) is 18.6. The van der Waals surface area contributed by atoms with Gasteiger partial charge in [-0.2, -0.15) is 11.8 Å². The van der Waals surface area contributed by atoms with Crippen molar-refractivity contribution in [3.63, 3.8) is 0 Å². The molecule has 1 N–H and O–H groups in total. The summed E-state index contributed by atoms with van der Waals surface area (Å²) in [5, 5.41) is 14.8. The van der Waals surface area contributed by atoms with E-state index in [4.69, 9.17) is 0 Å². The van der Waals surface area contributed by atoms with Gasteiger partial charge in [-0.05, 0) is 45.1 Å². The van der Waals surface area contributed by atoms with E-state index in [9.17, 15) is 14.9 Å². The SMILES string of the molecule is CSC1CCCCN(c2ccc(C(=O)NC(C)C)cc2[N+](=O)[O-])C1. The number of carbonyl (C=O) groups excluding carboxylic acids is 1. The molecule has 1 unspecified atom stereocenters. The van der Waals surface area contributed by atoms with E-state index in [0.717, 1.165) is 32.4 Å². The molecule has 6 nitrogen and oxygen atoms in total. The van der Waals surface area contributed by atoms with Crippen LogP contribution in [-0.4, -0.2) is 41.5 Å². The molecule has 1 amide bonds. The minimum atomic E-state index is -0.388. The van der Waals surface area contributed by atoms with Crippen LogP contribution < -0.4 is 10.2 Å². The van der Waals surface area contributed by atoms with Crippen LogP contribution >= 0.6 is 11.8 Å². The van der Waals surface area contributed by atoms with E-state index in [-0.39, 0.29) is 22.6 Å². The van der Waals surface area contributed by atoms with Gasteiger partial charge in [0.15, 0.2) is 0 Å². The summed E-state index contributed by atoms with van der Waals surface area (Å²) in [6.45, 7) is 5.34. The Kier molecular flexibility index (Phi) is 6.48. The van der Waals surface area contributed by atoms with E-state index < -0.39 is 0 Å². The molecule has 0 aromatic heterocycles. The molecule has 24 heavy (non-hydrogen) atoms. The van der Waals surface area contributed by atoms with Gasteiger partial charge < -0.3 is 10.2 Å². The predicted molar refractivity (Wildman–Crippen MR) is 99.1 cm³/mol. The fourth-order valence-corrected chi connectivity index (χ4v) is 3.67. The van der Waals surface area contributed by atoms with Crippen LogP contribution in [0.2, 0.25) is 0 Å². The second-order valence-electron chi connectivity index (χ2n) is 6.39. The molecule has 1 aromatic rings. The summed E-state index contributed by atoms with van der Waals surface area (Å²) >= 11 is 1.81. The van der Waals surface area contributed by atoms with Crippen molar-refractivity contribution in [3.8, 4) is 0 Å². The van der Waals surface area contributed by atoms with Gasteiger partial charge in [0.05, 0.1) is 4.92 Å². The summed E-state index contributed by atoms with van der Waals surface area (Å²) in [6.07, 6.45) is 5.40. The number of benzene rings is 1. The molecular weight excluding hydrogens is 326 g/mol. The van der Waals surface area contributed by atoms with Crippen molar-refractivity contribution in [2.45, 2.75) is 44.4 Å². The van der Waals surface area contributed by atoms with E-state index in [2.05, 4.69) is 16.5 Å². The van der Waals surface area contributed by atoms with Gasteiger partial charge in [0.1, 0.15) is 5.69 Å². The molecule has 132 valence electrons. The van der Waals surface area contributed by atoms with Gasteiger partial charge in [-0.25, -0.2) is 0 Å². The van der Waals surface area contributed by atoms with E-state index in [1.165, 1.54) is 6.07 Å². The molecule has 1 fully saturated rings. The zero-order chi connectivity index (χ0) is 17.7. The Hall–Kier alpha value is -1.76. The Morgan fingerprint density at radius 2 is 2.17 bits per heavy atom. The Morgan fingerprint density at radius 1 is 1.42 bits per heavy atom.